The number of hydrogen-bond donors (Lipinski definition) is 2. The highest BCUT2D eigenvalue weighted by Gasteiger charge is 2.17. The summed E-state index contributed by atoms with van der Waals surface area (Å²) in [5.74, 6) is 0.711. The van der Waals surface area contributed by atoms with Crippen molar-refractivity contribution >= 4 is 34.8 Å². The summed E-state index contributed by atoms with van der Waals surface area (Å²) in [7, 11) is 2.96. The number of methoxy groups -OCH3 is 2. The summed E-state index contributed by atoms with van der Waals surface area (Å²) in [6.07, 6.45) is 3.05. The van der Waals surface area contributed by atoms with E-state index in [4.69, 9.17) is 25.8 Å². The highest BCUT2D eigenvalue weighted by Crippen LogP contribution is 2.37. The van der Waals surface area contributed by atoms with Gasteiger partial charge in [-0.2, -0.15) is 0 Å². The van der Waals surface area contributed by atoms with Gasteiger partial charge in [0.2, 0.25) is 0 Å². The Kier molecular flexibility index (Phi) is 8.32. The van der Waals surface area contributed by atoms with E-state index in [9.17, 15) is 9.59 Å². The van der Waals surface area contributed by atoms with Crippen molar-refractivity contribution < 1.29 is 23.8 Å². The molecule has 0 bridgehead atoms. The second kappa shape index (κ2) is 11.4. The molecule has 2 amide bonds. The number of halogens is 1. The van der Waals surface area contributed by atoms with Crippen LogP contribution in [0.4, 0.5) is 11.4 Å². The number of amides is 2. The lowest BCUT2D eigenvalue weighted by Crippen LogP contribution is -2.14. The Morgan fingerprint density at radius 3 is 2.35 bits per heavy atom. The van der Waals surface area contributed by atoms with Crippen LogP contribution in [0.15, 0.2) is 54.9 Å². The Balaban J connectivity index is 1.77. The minimum Gasteiger partial charge on any atom is -0.494 e. The smallest absolute Gasteiger partial charge is 0.257 e. The summed E-state index contributed by atoms with van der Waals surface area (Å²) in [5, 5.41) is 5.84. The molecule has 3 rings (SSSR count). The molecule has 9 heteroatoms. The van der Waals surface area contributed by atoms with Gasteiger partial charge in [0.25, 0.3) is 11.8 Å². The number of carbonyl (C=O) groups excluding carboxylic acids is 2. The van der Waals surface area contributed by atoms with Crippen molar-refractivity contribution in [2.24, 2.45) is 5.92 Å². The van der Waals surface area contributed by atoms with Crippen LogP contribution in [-0.4, -0.2) is 37.6 Å². The maximum atomic E-state index is 12.9. The quantitative estimate of drug-likeness (QED) is 0.429. The molecular weight excluding hydrogens is 458 g/mol. The standard InChI is InChI=1S/C25H26ClN3O5/c1-15(2)14-34-23-19(26)10-17(11-22(23)33-4)25(31)28-18-7-8-20(21(12-18)32-3)29-24(30)16-6-5-9-27-13-16/h5-13,15H,14H2,1-4H3,(H,28,31)(H,29,30). The van der Waals surface area contributed by atoms with Crippen LogP contribution in [0.25, 0.3) is 0 Å². The van der Waals surface area contributed by atoms with Crippen molar-refractivity contribution in [1.82, 2.24) is 4.98 Å². The van der Waals surface area contributed by atoms with Crippen LogP contribution >= 0.6 is 11.6 Å². The molecule has 0 radical (unpaired) electrons. The van der Waals surface area contributed by atoms with E-state index < -0.39 is 5.91 Å². The van der Waals surface area contributed by atoms with Crippen molar-refractivity contribution in [2.45, 2.75) is 13.8 Å². The van der Waals surface area contributed by atoms with Gasteiger partial charge in [0.15, 0.2) is 11.5 Å². The average molecular weight is 484 g/mol. The first-order valence-electron chi connectivity index (χ1n) is 10.5. The van der Waals surface area contributed by atoms with E-state index in [1.807, 2.05) is 13.8 Å². The zero-order valence-electron chi connectivity index (χ0n) is 19.3. The molecule has 1 aromatic heterocycles. The lowest BCUT2D eigenvalue weighted by molar-refractivity contribution is 0.101. The number of carbonyl (C=O) groups is 2. The molecular formula is C25H26ClN3O5. The van der Waals surface area contributed by atoms with Crippen LogP contribution in [0.2, 0.25) is 5.02 Å². The van der Waals surface area contributed by atoms with Gasteiger partial charge in [-0.05, 0) is 42.3 Å². The first-order valence-corrected chi connectivity index (χ1v) is 10.9. The third-order valence-electron chi connectivity index (χ3n) is 4.68. The van der Waals surface area contributed by atoms with Gasteiger partial charge in [0.05, 0.1) is 37.1 Å². The normalized spacial score (nSPS) is 10.5. The zero-order chi connectivity index (χ0) is 24.7. The molecule has 3 aromatic rings. The number of aromatic nitrogens is 1. The fourth-order valence-corrected chi connectivity index (χ4v) is 3.27. The molecule has 0 fully saturated rings. The molecule has 0 saturated heterocycles. The highest BCUT2D eigenvalue weighted by molar-refractivity contribution is 6.32. The molecule has 2 aromatic carbocycles. The number of nitrogens with one attached hydrogen (secondary N) is 2. The largest absolute Gasteiger partial charge is 0.494 e. The molecule has 2 N–H and O–H groups in total. The Morgan fingerprint density at radius 2 is 1.71 bits per heavy atom. The second-order valence-corrected chi connectivity index (χ2v) is 8.17. The topological polar surface area (TPSA) is 98.8 Å². The van der Waals surface area contributed by atoms with Crippen LogP contribution in [0.1, 0.15) is 34.6 Å². The van der Waals surface area contributed by atoms with Gasteiger partial charge in [-0.15, -0.1) is 0 Å². The fourth-order valence-electron chi connectivity index (χ4n) is 3.01. The van der Waals surface area contributed by atoms with E-state index in [2.05, 4.69) is 15.6 Å². The van der Waals surface area contributed by atoms with Crippen molar-refractivity contribution in [2.75, 3.05) is 31.5 Å². The highest BCUT2D eigenvalue weighted by atomic mass is 35.5. The van der Waals surface area contributed by atoms with Gasteiger partial charge in [0.1, 0.15) is 5.75 Å². The summed E-state index contributed by atoms with van der Waals surface area (Å²) < 4.78 is 16.5. The van der Waals surface area contributed by atoms with Crippen LogP contribution in [0, 0.1) is 5.92 Å². The molecule has 1 heterocycles. The maximum absolute atomic E-state index is 12.9. The van der Waals surface area contributed by atoms with Gasteiger partial charge >= 0.3 is 0 Å². The Hall–Kier alpha value is -3.78. The zero-order valence-corrected chi connectivity index (χ0v) is 20.1. The molecule has 0 spiro atoms. The summed E-state index contributed by atoms with van der Waals surface area (Å²) >= 11 is 6.36. The SMILES string of the molecule is COc1cc(NC(=O)c2cc(Cl)c(OCC(C)C)c(OC)c2)ccc1NC(=O)c1cccnc1. The van der Waals surface area contributed by atoms with Gasteiger partial charge < -0.3 is 24.8 Å². The summed E-state index contributed by atoms with van der Waals surface area (Å²) in [6.45, 7) is 4.50. The van der Waals surface area contributed by atoms with E-state index in [1.54, 1.807) is 42.6 Å². The van der Waals surface area contributed by atoms with E-state index in [-0.39, 0.29) is 10.9 Å². The number of anilines is 2. The molecule has 34 heavy (non-hydrogen) atoms. The molecule has 0 aliphatic carbocycles. The average Bonchev–Trinajstić information content (AvgIpc) is 2.83. The number of ether oxygens (including phenoxy) is 3. The van der Waals surface area contributed by atoms with Crippen molar-refractivity contribution in [3.05, 3.63) is 71.0 Å². The summed E-state index contributed by atoms with van der Waals surface area (Å²) in [5.41, 5.74) is 1.63. The summed E-state index contributed by atoms with van der Waals surface area (Å²) in [6, 6.07) is 11.3. The second-order valence-electron chi connectivity index (χ2n) is 7.76. The monoisotopic (exact) mass is 483 g/mol. The van der Waals surface area contributed by atoms with Gasteiger partial charge in [-0.3, -0.25) is 14.6 Å². The minimum atomic E-state index is -0.398. The summed E-state index contributed by atoms with van der Waals surface area (Å²) in [4.78, 5) is 29.2. The molecule has 178 valence electrons. The number of benzene rings is 2. The maximum Gasteiger partial charge on any atom is 0.257 e. The molecule has 0 aliphatic heterocycles. The lowest BCUT2D eigenvalue weighted by atomic mass is 10.1. The Bertz CT molecular complexity index is 1170. The van der Waals surface area contributed by atoms with E-state index in [0.29, 0.717) is 52.3 Å². The van der Waals surface area contributed by atoms with Crippen molar-refractivity contribution in [3.63, 3.8) is 0 Å². The third-order valence-corrected chi connectivity index (χ3v) is 4.96. The van der Waals surface area contributed by atoms with E-state index in [0.717, 1.165) is 0 Å². The predicted octanol–water partition coefficient (Wildman–Crippen LogP) is 5.29. The molecule has 0 aliphatic rings. The van der Waals surface area contributed by atoms with E-state index >= 15 is 0 Å². The van der Waals surface area contributed by atoms with E-state index in [1.165, 1.54) is 26.5 Å². The van der Waals surface area contributed by atoms with Crippen molar-refractivity contribution in [3.8, 4) is 17.2 Å². The van der Waals surface area contributed by atoms with Crippen LogP contribution in [-0.2, 0) is 0 Å². The molecule has 8 nitrogen and oxygen atoms in total. The third kappa shape index (κ3) is 6.17. The van der Waals surface area contributed by atoms with Crippen LogP contribution in [0.5, 0.6) is 17.2 Å². The predicted molar refractivity (Wildman–Crippen MR) is 131 cm³/mol. The molecule has 0 saturated carbocycles. The Morgan fingerprint density at radius 1 is 0.971 bits per heavy atom. The number of hydrogen-bond acceptors (Lipinski definition) is 6. The minimum absolute atomic E-state index is 0.274. The number of pyridine rings is 1. The molecule has 0 atom stereocenters. The van der Waals surface area contributed by atoms with Crippen molar-refractivity contribution in [1.29, 1.82) is 0 Å². The number of nitrogens with zero attached hydrogens (tertiary/aromatic N) is 1. The fraction of sp³-hybridized carbons (Fsp3) is 0.240. The first kappa shape index (κ1) is 24.9. The first-order chi connectivity index (χ1) is 16.3. The Labute approximate surface area is 203 Å². The van der Waals surface area contributed by atoms with Crippen LogP contribution in [0.3, 0.4) is 0 Å². The van der Waals surface area contributed by atoms with Gasteiger partial charge in [0, 0.05) is 29.7 Å². The van der Waals surface area contributed by atoms with Gasteiger partial charge in [-0.25, -0.2) is 0 Å². The lowest BCUT2D eigenvalue weighted by Gasteiger charge is -2.16. The number of rotatable bonds is 9. The van der Waals surface area contributed by atoms with Crippen LogP contribution < -0.4 is 24.8 Å². The molecule has 0 unspecified atom stereocenters. The van der Waals surface area contributed by atoms with Gasteiger partial charge in [-0.1, -0.05) is 25.4 Å².